The van der Waals surface area contributed by atoms with Crippen LogP contribution in [-0.2, 0) is 19.1 Å². The van der Waals surface area contributed by atoms with Crippen molar-refractivity contribution in [3.63, 3.8) is 0 Å². The molecule has 2 amide bonds. The zero-order chi connectivity index (χ0) is 24.1. The molecule has 8 nitrogen and oxygen atoms in total. The van der Waals surface area contributed by atoms with Gasteiger partial charge in [-0.25, -0.2) is 9.59 Å². The Morgan fingerprint density at radius 2 is 1.68 bits per heavy atom. The Morgan fingerprint density at radius 3 is 2.29 bits per heavy atom. The lowest BCUT2D eigenvalue weighted by Crippen LogP contribution is -2.47. The van der Waals surface area contributed by atoms with Gasteiger partial charge >= 0.3 is 12.1 Å². The van der Waals surface area contributed by atoms with Crippen molar-refractivity contribution in [2.24, 2.45) is 11.8 Å². The number of carbonyl (C=O) groups excluding carboxylic acids is 2. The molecule has 4 rings (SSSR count). The van der Waals surface area contributed by atoms with Crippen LogP contribution in [0.4, 0.5) is 4.79 Å². The van der Waals surface area contributed by atoms with Gasteiger partial charge in [-0.3, -0.25) is 4.79 Å². The molecule has 0 heterocycles. The van der Waals surface area contributed by atoms with Gasteiger partial charge in [-0.1, -0.05) is 55.0 Å². The molecule has 0 spiro atoms. The van der Waals surface area contributed by atoms with E-state index in [-0.39, 0.29) is 36.9 Å². The van der Waals surface area contributed by atoms with Gasteiger partial charge in [0.05, 0.1) is 6.61 Å². The largest absolute Gasteiger partial charge is 0.480 e. The van der Waals surface area contributed by atoms with Crippen LogP contribution >= 0.6 is 0 Å². The normalized spacial score (nSPS) is 19.7. The summed E-state index contributed by atoms with van der Waals surface area (Å²) in [6.07, 6.45) is 1.76. The Kier molecular flexibility index (Phi) is 7.47. The minimum absolute atomic E-state index is 0.0168. The van der Waals surface area contributed by atoms with Crippen molar-refractivity contribution in [2.45, 2.75) is 31.2 Å². The van der Waals surface area contributed by atoms with Crippen molar-refractivity contribution in [1.82, 2.24) is 10.6 Å². The molecular formula is C26H30N2O6. The highest BCUT2D eigenvalue weighted by Crippen LogP contribution is 2.44. The first kappa shape index (κ1) is 23.8. The van der Waals surface area contributed by atoms with Crippen molar-refractivity contribution >= 4 is 18.0 Å². The quantitative estimate of drug-likeness (QED) is 0.523. The Labute approximate surface area is 198 Å². The number of carbonyl (C=O) groups is 3. The Balaban J connectivity index is 1.30. The monoisotopic (exact) mass is 466 g/mol. The standard InChI is InChI=1S/C26H30N2O6/c1-33-15-23(25(30)31)28-24(29)17-12-6-7-16(17)13-27-26(32)34-14-22-20-10-4-2-8-18(20)19-9-3-5-11-21(19)22/h2-5,8-11,16-17,22-23H,6-7,12-15H2,1H3,(H,27,32)(H,28,29)(H,30,31)/t16?,17?,23-/m0/s1. The number of hydrogen-bond acceptors (Lipinski definition) is 5. The number of amides is 2. The summed E-state index contributed by atoms with van der Waals surface area (Å²) < 4.78 is 10.5. The third kappa shape index (κ3) is 5.07. The van der Waals surface area contributed by atoms with Gasteiger partial charge < -0.3 is 25.2 Å². The Morgan fingerprint density at radius 1 is 1.03 bits per heavy atom. The molecule has 2 unspecified atom stereocenters. The third-order valence-corrected chi connectivity index (χ3v) is 6.80. The van der Waals surface area contributed by atoms with Crippen LogP contribution in [0.2, 0.25) is 0 Å². The number of methoxy groups -OCH3 is 1. The number of nitrogens with one attached hydrogen (secondary N) is 2. The highest BCUT2D eigenvalue weighted by atomic mass is 16.5. The molecule has 180 valence electrons. The summed E-state index contributed by atoms with van der Waals surface area (Å²) in [6.45, 7) is 0.430. The van der Waals surface area contributed by atoms with Crippen LogP contribution in [0, 0.1) is 11.8 Å². The number of benzene rings is 2. The summed E-state index contributed by atoms with van der Waals surface area (Å²) in [4.78, 5) is 36.4. The summed E-state index contributed by atoms with van der Waals surface area (Å²) in [6, 6.07) is 15.2. The molecule has 1 saturated carbocycles. The van der Waals surface area contributed by atoms with Crippen LogP contribution in [0.3, 0.4) is 0 Å². The first-order chi connectivity index (χ1) is 16.5. The Bertz CT molecular complexity index is 1010. The van der Waals surface area contributed by atoms with Crippen molar-refractivity contribution < 1.29 is 29.0 Å². The maximum atomic E-state index is 12.6. The predicted molar refractivity (Wildman–Crippen MR) is 125 cm³/mol. The number of alkyl carbamates (subject to hydrolysis) is 1. The van der Waals surface area contributed by atoms with Crippen LogP contribution < -0.4 is 10.6 Å². The van der Waals surface area contributed by atoms with Gasteiger partial charge in [-0.15, -0.1) is 0 Å². The minimum atomic E-state index is -1.14. The highest BCUT2D eigenvalue weighted by Gasteiger charge is 2.35. The van der Waals surface area contributed by atoms with Crippen molar-refractivity contribution in [2.75, 3.05) is 26.9 Å². The molecule has 2 aliphatic rings. The van der Waals surface area contributed by atoms with Crippen LogP contribution in [0.1, 0.15) is 36.3 Å². The smallest absolute Gasteiger partial charge is 0.407 e. The lowest BCUT2D eigenvalue weighted by atomic mass is 9.95. The Hall–Kier alpha value is -3.39. The van der Waals surface area contributed by atoms with Gasteiger partial charge in [0.2, 0.25) is 5.91 Å². The first-order valence-corrected chi connectivity index (χ1v) is 11.6. The van der Waals surface area contributed by atoms with Gasteiger partial charge in [-0.2, -0.15) is 0 Å². The highest BCUT2D eigenvalue weighted by molar-refractivity contribution is 5.85. The number of ether oxygens (including phenoxy) is 2. The fourth-order valence-corrected chi connectivity index (χ4v) is 5.11. The van der Waals surface area contributed by atoms with Crippen molar-refractivity contribution in [1.29, 1.82) is 0 Å². The van der Waals surface area contributed by atoms with E-state index in [0.717, 1.165) is 24.0 Å². The molecule has 0 aromatic heterocycles. The van der Waals surface area contributed by atoms with E-state index < -0.39 is 18.1 Å². The molecule has 1 fully saturated rings. The molecule has 34 heavy (non-hydrogen) atoms. The molecule has 3 atom stereocenters. The van der Waals surface area contributed by atoms with Crippen LogP contribution in [-0.4, -0.2) is 56.0 Å². The number of rotatable bonds is 9. The van der Waals surface area contributed by atoms with E-state index in [2.05, 4.69) is 34.9 Å². The van der Waals surface area contributed by atoms with E-state index in [4.69, 9.17) is 9.47 Å². The predicted octanol–water partition coefficient (Wildman–Crippen LogP) is 3.16. The van der Waals surface area contributed by atoms with Gasteiger partial charge in [0.15, 0.2) is 6.04 Å². The lowest BCUT2D eigenvalue weighted by molar-refractivity contribution is -0.144. The fourth-order valence-electron chi connectivity index (χ4n) is 5.11. The summed E-state index contributed by atoms with van der Waals surface area (Å²) in [5.74, 6) is -1.90. The van der Waals surface area contributed by atoms with E-state index in [1.807, 2.05) is 24.3 Å². The van der Waals surface area contributed by atoms with E-state index in [0.29, 0.717) is 13.0 Å². The van der Waals surface area contributed by atoms with E-state index in [1.54, 1.807) is 0 Å². The van der Waals surface area contributed by atoms with Crippen LogP contribution in [0.25, 0.3) is 11.1 Å². The van der Waals surface area contributed by atoms with Gasteiger partial charge in [0, 0.05) is 25.5 Å². The van der Waals surface area contributed by atoms with Gasteiger partial charge in [-0.05, 0) is 41.0 Å². The lowest BCUT2D eigenvalue weighted by Gasteiger charge is -2.22. The number of aliphatic carboxylic acids is 1. The molecule has 0 aliphatic heterocycles. The van der Waals surface area contributed by atoms with Gasteiger partial charge in [0.25, 0.3) is 0 Å². The van der Waals surface area contributed by atoms with Crippen LogP contribution in [0.5, 0.6) is 0 Å². The number of hydrogen-bond donors (Lipinski definition) is 3. The van der Waals surface area contributed by atoms with Crippen LogP contribution in [0.15, 0.2) is 48.5 Å². The average molecular weight is 467 g/mol. The van der Waals surface area contributed by atoms with E-state index in [9.17, 15) is 19.5 Å². The SMILES string of the molecule is COC[C@H](NC(=O)C1CCCC1CNC(=O)OCC1c2ccccc2-c2ccccc21)C(=O)O. The average Bonchev–Trinajstić information content (AvgIpc) is 3.44. The maximum Gasteiger partial charge on any atom is 0.407 e. The number of carboxylic acid groups (broad SMARTS) is 1. The minimum Gasteiger partial charge on any atom is -0.480 e. The zero-order valence-corrected chi connectivity index (χ0v) is 19.2. The summed E-state index contributed by atoms with van der Waals surface area (Å²) in [7, 11) is 1.39. The molecule has 2 aromatic carbocycles. The summed E-state index contributed by atoms with van der Waals surface area (Å²) >= 11 is 0. The second-order valence-electron chi connectivity index (χ2n) is 8.86. The molecule has 2 aliphatic carbocycles. The summed E-state index contributed by atoms with van der Waals surface area (Å²) in [5.41, 5.74) is 4.63. The molecule has 2 aromatic rings. The number of carboxylic acids is 1. The second-order valence-corrected chi connectivity index (χ2v) is 8.86. The molecule has 8 heteroatoms. The zero-order valence-electron chi connectivity index (χ0n) is 19.2. The second kappa shape index (κ2) is 10.7. The molecule has 0 saturated heterocycles. The van der Waals surface area contributed by atoms with Crippen molar-refractivity contribution in [3.05, 3.63) is 59.7 Å². The number of fused-ring (bicyclic) bond motifs is 3. The third-order valence-electron chi connectivity index (χ3n) is 6.80. The maximum absolute atomic E-state index is 12.6. The topological polar surface area (TPSA) is 114 Å². The molecular weight excluding hydrogens is 436 g/mol. The summed E-state index contributed by atoms with van der Waals surface area (Å²) in [5, 5.41) is 14.6. The molecule has 0 radical (unpaired) electrons. The van der Waals surface area contributed by atoms with Crippen molar-refractivity contribution in [3.8, 4) is 11.1 Å². The molecule has 0 bridgehead atoms. The van der Waals surface area contributed by atoms with E-state index >= 15 is 0 Å². The fraction of sp³-hybridized carbons (Fsp3) is 0.423. The first-order valence-electron chi connectivity index (χ1n) is 11.6. The van der Waals surface area contributed by atoms with E-state index in [1.165, 1.54) is 18.2 Å². The van der Waals surface area contributed by atoms with Gasteiger partial charge in [0.1, 0.15) is 6.61 Å². The molecule has 3 N–H and O–H groups in total.